The van der Waals surface area contributed by atoms with E-state index in [1.165, 1.54) is 0 Å². The highest BCUT2D eigenvalue weighted by Gasteiger charge is 2.04. The third kappa shape index (κ3) is 5.36. The summed E-state index contributed by atoms with van der Waals surface area (Å²) in [5, 5.41) is 3.19. The Kier molecular flexibility index (Phi) is 5.91. The molecule has 0 saturated heterocycles. The van der Waals surface area contributed by atoms with E-state index in [-0.39, 0.29) is 12.5 Å². The second kappa shape index (κ2) is 8.17. The number of nitrogens with one attached hydrogen (secondary N) is 1. The molecule has 0 aliphatic rings. The number of rotatable bonds is 7. The van der Waals surface area contributed by atoms with Crippen LogP contribution in [0.3, 0.4) is 0 Å². The van der Waals surface area contributed by atoms with Crippen LogP contribution in [0.5, 0.6) is 11.5 Å². The Hall–Kier alpha value is -2.20. The van der Waals surface area contributed by atoms with Crippen LogP contribution >= 0.6 is 11.6 Å². The van der Waals surface area contributed by atoms with Crippen molar-refractivity contribution in [3.63, 3.8) is 0 Å². The van der Waals surface area contributed by atoms with E-state index >= 15 is 0 Å². The number of carbonyl (C=O) groups excluding carboxylic acids is 1. The molecule has 0 fully saturated rings. The maximum atomic E-state index is 11.6. The molecule has 0 aliphatic heterocycles. The molecular weight excluding hydrogens is 290 g/mol. The highest BCUT2D eigenvalue weighted by molar-refractivity contribution is 6.32. The van der Waals surface area contributed by atoms with Gasteiger partial charge in [-0.1, -0.05) is 41.9 Å². The fourth-order valence-corrected chi connectivity index (χ4v) is 1.82. The molecule has 0 spiro atoms. The molecule has 2 rings (SSSR count). The fraction of sp³-hybridized carbons (Fsp3) is 0.188. The van der Waals surface area contributed by atoms with Crippen LogP contribution in [0.25, 0.3) is 0 Å². The summed E-state index contributed by atoms with van der Waals surface area (Å²) in [6.45, 7) is 0.747. The lowest BCUT2D eigenvalue weighted by Crippen LogP contribution is -2.32. The lowest BCUT2D eigenvalue weighted by atomic mass is 10.3. The smallest absolute Gasteiger partial charge is 0.258 e. The first kappa shape index (κ1) is 15.2. The highest BCUT2D eigenvalue weighted by atomic mass is 35.5. The van der Waals surface area contributed by atoms with E-state index in [1.807, 2.05) is 30.3 Å². The molecular formula is C16H16ClNO3. The number of ether oxygens (including phenoxy) is 2. The minimum atomic E-state index is -0.216. The Bertz CT molecular complexity index is 575. The molecule has 0 aliphatic carbocycles. The summed E-state index contributed by atoms with van der Waals surface area (Å²) in [5.41, 5.74) is 0. The summed E-state index contributed by atoms with van der Waals surface area (Å²) in [6, 6.07) is 16.5. The number of amides is 1. The van der Waals surface area contributed by atoms with Gasteiger partial charge in [-0.2, -0.15) is 0 Å². The van der Waals surface area contributed by atoms with Gasteiger partial charge in [0, 0.05) is 0 Å². The fourth-order valence-electron chi connectivity index (χ4n) is 1.63. The Morgan fingerprint density at radius 3 is 2.48 bits per heavy atom. The van der Waals surface area contributed by atoms with Crippen molar-refractivity contribution in [1.29, 1.82) is 0 Å². The molecule has 21 heavy (non-hydrogen) atoms. The van der Waals surface area contributed by atoms with Crippen LogP contribution in [-0.4, -0.2) is 25.7 Å². The Morgan fingerprint density at radius 2 is 1.71 bits per heavy atom. The third-order valence-electron chi connectivity index (χ3n) is 2.63. The van der Waals surface area contributed by atoms with E-state index in [9.17, 15) is 4.79 Å². The average molecular weight is 306 g/mol. The topological polar surface area (TPSA) is 47.6 Å². The zero-order chi connectivity index (χ0) is 14.9. The van der Waals surface area contributed by atoms with Gasteiger partial charge in [0.25, 0.3) is 5.91 Å². The van der Waals surface area contributed by atoms with Gasteiger partial charge in [-0.15, -0.1) is 0 Å². The molecule has 2 aromatic rings. The van der Waals surface area contributed by atoms with Crippen LogP contribution in [0.2, 0.25) is 5.02 Å². The minimum Gasteiger partial charge on any atom is -0.492 e. The van der Waals surface area contributed by atoms with E-state index in [2.05, 4.69) is 5.32 Å². The van der Waals surface area contributed by atoms with Crippen molar-refractivity contribution in [1.82, 2.24) is 5.32 Å². The van der Waals surface area contributed by atoms with E-state index in [4.69, 9.17) is 21.1 Å². The van der Waals surface area contributed by atoms with Gasteiger partial charge in [0.15, 0.2) is 6.61 Å². The largest absolute Gasteiger partial charge is 0.492 e. The maximum absolute atomic E-state index is 11.6. The molecule has 1 N–H and O–H groups in total. The molecule has 0 radical (unpaired) electrons. The van der Waals surface area contributed by atoms with Crippen LogP contribution < -0.4 is 14.8 Å². The van der Waals surface area contributed by atoms with Crippen molar-refractivity contribution in [3.05, 3.63) is 59.6 Å². The van der Waals surface area contributed by atoms with Gasteiger partial charge in [-0.05, 0) is 24.3 Å². The first-order valence-electron chi connectivity index (χ1n) is 6.57. The van der Waals surface area contributed by atoms with Gasteiger partial charge < -0.3 is 14.8 Å². The zero-order valence-electron chi connectivity index (χ0n) is 11.4. The van der Waals surface area contributed by atoms with Crippen molar-refractivity contribution < 1.29 is 14.3 Å². The van der Waals surface area contributed by atoms with Gasteiger partial charge in [-0.25, -0.2) is 0 Å². The summed E-state index contributed by atoms with van der Waals surface area (Å²) < 4.78 is 10.8. The van der Waals surface area contributed by atoms with Crippen molar-refractivity contribution in [2.24, 2.45) is 0 Å². The van der Waals surface area contributed by atoms with Crippen molar-refractivity contribution >= 4 is 17.5 Å². The quantitative estimate of drug-likeness (QED) is 0.800. The molecule has 110 valence electrons. The highest BCUT2D eigenvalue weighted by Crippen LogP contribution is 2.22. The molecule has 5 heteroatoms. The average Bonchev–Trinajstić information content (AvgIpc) is 2.52. The molecule has 4 nitrogen and oxygen atoms in total. The van der Waals surface area contributed by atoms with Gasteiger partial charge in [0.1, 0.15) is 18.1 Å². The van der Waals surface area contributed by atoms with Crippen molar-refractivity contribution in [2.45, 2.75) is 0 Å². The summed E-state index contributed by atoms with van der Waals surface area (Å²) in [7, 11) is 0. The van der Waals surface area contributed by atoms with Crippen LogP contribution in [0.4, 0.5) is 0 Å². The molecule has 2 aromatic carbocycles. The lowest BCUT2D eigenvalue weighted by Gasteiger charge is -2.09. The van der Waals surface area contributed by atoms with E-state index in [0.29, 0.717) is 23.9 Å². The number of halogens is 1. The maximum Gasteiger partial charge on any atom is 0.258 e. The molecule has 0 aromatic heterocycles. The van der Waals surface area contributed by atoms with Crippen LogP contribution in [0, 0.1) is 0 Å². The summed E-state index contributed by atoms with van der Waals surface area (Å²) in [6.07, 6.45) is 0. The summed E-state index contributed by atoms with van der Waals surface area (Å²) >= 11 is 5.93. The second-order valence-corrected chi connectivity index (χ2v) is 4.64. The second-order valence-electron chi connectivity index (χ2n) is 4.23. The Balaban J connectivity index is 1.63. The molecule has 0 heterocycles. The van der Waals surface area contributed by atoms with Crippen LogP contribution in [0.1, 0.15) is 0 Å². The molecule has 0 atom stereocenters. The first-order chi connectivity index (χ1) is 10.3. The Labute approximate surface area is 128 Å². The SMILES string of the molecule is O=C(COc1ccccc1Cl)NCCOc1ccccc1. The van der Waals surface area contributed by atoms with Gasteiger partial charge in [0.2, 0.25) is 0 Å². The number of hydrogen-bond donors (Lipinski definition) is 1. The number of hydrogen-bond acceptors (Lipinski definition) is 3. The predicted molar refractivity (Wildman–Crippen MR) is 81.9 cm³/mol. The first-order valence-corrected chi connectivity index (χ1v) is 6.95. The standard InChI is InChI=1S/C16H16ClNO3/c17-14-8-4-5-9-15(14)21-12-16(19)18-10-11-20-13-6-2-1-3-7-13/h1-9H,10-12H2,(H,18,19). The van der Waals surface area contributed by atoms with E-state index in [0.717, 1.165) is 5.75 Å². The number of para-hydroxylation sites is 2. The summed E-state index contributed by atoms with van der Waals surface area (Å²) in [4.78, 5) is 11.6. The Morgan fingerprint density at radius 1 is 1.00 bits per heavy atom. The van der Waals surface area contributed by atoms with Gasteiger partial charge in [0.05, 0.1) is 11.6 Å². The predicted octanol–water partition coefficient (Wildman–Crippen LogP) is 2.91. The van der Waals surface area contributed by atoms with Crippen LogP contribution in [0.15, 0.2) is 54.6 Å². The van der Waals surface area contributed by atoms with Crippen molar-refractivity contribution in [2.75, 3.05) is 19.8 Å². The van der Waals surface area contributed by atoms with E-state index < -0.39 is 0 Å². The molecule has 0 unspecified atom stereocenters. The van der Waals surface area contributed by atoms with Gasteiger partial charge in [-0.3, -0.25) is 4.79 Å². The molecule has 0 saturated carbocycles. The third-order valence-corrected chi connectivity index (χ3v) is 2.94. The summed E-state index contributed by atoms with van der Waals surface area (Å²) in [5.74, 6) is 1.06. The minimum absolute atomic E-state index is 0.0743. The monoisotopic (exact) mass is 305 g/mol. The lowest BCUT2D eigenvalue weighted by molar-refractivity contribution is -0.123. The van der Waals surface area contributed by atoms with Crippen LogP contribution in [-0.2, 0) is 4.79 Å². The normalized spacial score (nSPS) is 9.95. The zero-order valence-corrected chi connectivity index (χ0v) is 12.2. The van der Waals surface area contributed by atoms with E-state index in [1.54, 1.807) is 24.3 Å². The number of benzene rings is 2. The molecule has 1 amide bonds. The number of carbonyl (C=O) groups is 1. The molecule has 0 bridgehead atoms. The van der Waals surface area contributed by atoms with Crippen molar-refractivity contribution in [3.8, 4) is 11.5 Å². The van der Waals surface area contributed by atoms with Gasteiger partial charge >= 0.3 is 0 Å².